The van der Waals surface area contributed by atoms with Crippen LogP contribution in [0.4, 0.5) is 13.2 Å². The third-order valence-electron chi connectivity index (χ3n) is 5.25. The molecule has 30 heavy (non-hydrogen) atoms. The van der Waals surface area contributed by atoms with Crippen LogP contribution in [0.2, 0.25) is 0 Å². The number of hydrogen-bond acceptors (Lipinski definition) is 7. The Kier molecular flexibility index (Phi) is 6.35. The van der Waals surface area contributed by atoms with Gasteiger partial charge in [-0.05, 0) is 45.7 Å². The monoisotopic (exact) mass is 427 g/mol. The van der Waals surface area contributed by atoms with Crippen LogP contribution < -0.4 is 4.74 Å². The second-order valence-corrected chi connectivity index (χ2v) is 8.84. The summed E-state index contributed by atoms with van der Waals surface area (Å²) in [6.07, 6.45) is -2.87. The van der Waals surface area contributed by atoms with E-state index >= 15 is 0 Å². The normalized spacial score (nSPS) is 16.8. The van der Waals surface area contributed by atoms with Crippen LogP contribution in [0.3, 0.4) is 0 Å². The number of halogens is 3. The van der Waals surface area contributed by atoms with Crippen molar-refractivity contribution >= 4 is 0 Å². The third kappa shape index (κ3) is 5.47. The molecule has 0 radical (unpaired) electrons. The zero-order valence-corrected chi connectivity index (χ0v) is 18.0. The molecule has 0 bridgehead atoms. The van der Waals surface area contributed by atoms with Crippen molar-refractivity contribution < 1.29 is 22.3 Å². The standard InChI is InChI=1S/C20H28F3N5O2/c1-12-13(2)24-17(19(3,4)5)25-16(12)29-11-14-6-8-28(9-7-14)10-15-26-27-18(30-15)20(21,22)23/h14H,6-11H2,1-5H3. The van der Waals surface area contributed by atoms with Crippen molar-refractivity contribution in [3.8, 4) is 5.88 Å². The van der Waals surface area contributed by atoms with Crippen molar-refractivity contribution in [1.82, 2.24) is 25.1 Å². The molecule has 1 aliphatic heterocycles. The lowest BCUT2D eigenvalue weighted by molar-refractivity contribution is -0.157. The minimum Gasteiger partial charge on any atom is -0.477 e. The van der Waals surface area contributed by atoms with E-state index in [-0.39, 0.29) is 17.9 Å². The minimum absolute atomic E-state index is 0.0150. The maximum Gasteiger partial charge on any atom is 0.470 e. The van der Waals surface area contributed by atoms with E-state index in [1.807, 2.05) is 18.7 Å². The number of aryl methyl sites for hydroxylation is 1. The van der Waals surface area contributed by atoms with Crippen molar-refractivity contribution in [2.75, 3.05) is 19.7 Å². The highest BCUT2D eigenvalue weighted by Gasteiger charge is 2.38. The SMILES string of the molecule is Cc1nc(C(C)(C)C)nc(OCC2CCN(Cc3nnc(C(F)(F)F)o3)CC2)c1C. The highest BCUT2D eigenvalue weighted by Crippen LogP contribution is 2.29. The number of ether oxygens (including phenoxy) is 1. The maximum atomic E-state index is 12.6. The summed E-state index contributed by atoms with van der Waals surface area (Å²) >= 11 is 0. The first-order valence-corrected chi connectivity index (χ1v) is 10.0. The first-order chi connectivity index (χ1) is 13.9. The van der Waals surface area contributed by atoms with Crippen LogP contribution in [0.25, 0.3) is 0 Å². The van der Waals surface area contributed by atoms with Gasteiger partial charge in [-0.1, -0.05) is 20.8 Å². The van der Waals surface area contributed by atoms with Gasteiger partial charge < -0.3 is 9.15 Å². The van der Waals surface area contributed by atoms with Gasteiger partial charge in [0.2, 0.25) is 11.8 Å². The van der Waals surface area contributed by atoms with Crippen LogP contribution >= 0.6 is 0 Å². The fraction of sp³-hybridized carbons (Fsp3) is 0.700. The largest absolute Gasteiger partial charge is 0.477 e. The van der Waals surface area contributed by atoms with E-state index in [0.717, 1.165) is 43.0 Å². The van der Waals surface area contributed by atoms with Gasteiger partial charge in [-0.3, -0.25) is 4.90 Å². The van der Waals surface area contributed by atoms with Crippen LogP contribution in [-0.4, -0.2) is 44.8 Å². The highest BCUT2D eigenvalue weighted by atomic mass is 19.4. The van der Waals surface area contributed by atoms with E-state index < -0.39 is 12.1 Å². The molecule has 1 saturated heterocycles. The van der Waals surface area contributed by atoms with Gasteiger partial charge in [0.05, 0.1) is 13.2 Å². The molecule has 3 heterocycles. The zero-order valence-electron chi connectivity index (χ0n) is 18.0. The van der Waals surface area contributed by atoms with Gasteiger partial charge in [0.1, 0.15) is 5.82 Å². The molecule has 2 aromatic heterocycles. The van der Waals surface area contributed by atoms with Gasteiger partial charge >= 0.3 is 12.1 Å². The van der Waals surface area contributed by atoms with E-state index in [2.05, 4.69) is 40.9 Å². The Hall–Kier alpha value is -2.23. The van der Waals surface area contributed by atoms with Crippen LogP contribution in [0.5, 0.6) is 5.88 Å². The van der Waals surface area contributed by atoms with E-state index in [9.17, 15) is 13.2 Å². The van der Waals surface area contributed by atoms with Gasteiger partial charge in [-0.15, -0.1) is 10.2 Å². The van der Waals surface area contributed by atoms with Crippen molar-refractivity contribution in [2.45, 2.75) is 65.6 Å². The van der Waals surface area contributed by atoms with Crippen molar-refractivity contribution in [2.24, 2.45) is 5.92 Å². The maximum absolute atomic E-state index is 12.6. The lowest BCUT2D eigenvalue weighted by Gasteiger charge is -2.31. The summed E-state index contributed by atoms with van der Waals surface area (Å²) in [5, 5.41) is 6.57. The number of nitrogens with zero attached hydrogens (tertiary/aromatic N) is 5. The fourth-order valence-corrected chi connectivity index (χ4v) is 3.21. The van der Waals surface area contributed by atoms with E-state index in [0.29, 0.717) is 18.4 Å². The van der Waals surface area contributed by atoms with Crippen molar-refractivity contribution in [3.63, 3.8) is 0 Å². The number of aromatic nitrogens is 4. The second-order valence-electron chi connectivity index (χ2n) is 8.84. The average Bonchev–Trinajstić information content (AvgIpc) is 3.12. The molecule has 0 unspecified atom stereocenters. The van der Waals surface area contributed by atoms with Gasteiger partial charge in [0.25, 0.3) is 0 Å². The zero-order chi connectivity index (χ0) is 22.1. The lowest BCUT2D eigenvalue weighted by atomic mass is 9.95. The quantitative estimate of drug-likeness (QED) is 0.711. The Labute approximate surface area is 174 Å². The first-order valence-electron chi connectivity index (χ1n) is 10.0. The molecule has 0 spiro atoms. The number of hydrogen-bond donors (Lipinski definition) is 0. The molecule has 3 rings (SSSR count). The average molecular weight is 427 g/mol. The molecule has 0 N–H and O–H groups in total. The molecule has 166 valence electrons. The summed E-state index contributed by atoms with van der Waals surface area (Å²) in [5.41, 5.74) is 1.69. The molecule has 0 saturated carbocycles. The summed E-state index contributed by atoms with van der Waals surface area (Å²) in [6, 6.07) is 0. The van der Waals surface area contributed by atoms with Crippen LogP contribution in [-0.2, 0) is 18.1 Å². The summed E-state index contributed by atoms with van der Waals surface area (Å²) in [5.74, 6) is 0.417. The van der Waals surface area contributed by atoms with Gasteiger partial charge in [-0.25, -0.2) is 4.98 Å². The fourth-order valence-electron chi connectivity index (χ4n) is 3.21. The summed E-state index contributed by atoms with van der Waals surface area (Å²) in [4.78, 5) is 11.2. The molecule has 0 aromatic carbocycles. The molecule has 7 nitrogen and oxygen atoms in total. The third-order valence-corrected chi connectivity index (χ3v) is 5.25. The van der Waals surface area contributed by atoms with Crippen LogP contribution in [0.15, 0.2) is 4.42 Å². The molecule has 1 aliphatic rings. The Balaban J connectivity index is 1.52. The lowest BCUT2D eigenvalue weighted by Crippen LogP contribution is -2.35. The molecule has 10 heteroatoms. The van der Waals surface area contributed by atoms with Gasteiger partial charge in [0, 0.05) is 16.7 Å². The number of alkyl halides is 3. The Morgan fingerprint density at radius 2 is 1.73 bits per heavy atom. The molecule has 0 amide bonds. The van der Waals surface area contributed by atoms with E-state index in [1.165, 1.54) is 0 Å². The number of likely N-dealkylation sites (tertiary alicyclic amines) is 1. The first kappa shape index (κ1) is 22.5. The molecular formula is C20H28F3N5O2. The Morgan fingerprint density at radius 3 is 2.30 bits per heavy atom. The highest BCUT2D eigenvalue weighted by molar-refractivity contribution is 5.30. The predicted octanol–water partition coefficient (Wildman–Crippen LogP) is 4.08. The van der Waals surface area contributed by atoms with Crippen LogP contribution in [0, 0.1) is 19.8 Å². The summed E-state index contributed by atoms with van der Waals surface area (Å²) < 4.78 is 48.5. The second kappa shape index (κ2) is 8.49. The Bertz CT molecular complexity index is 868. The molecule has 1 fully saturated rings. The van der Waals surface area contributed by atoms with Crippen molar-refractivity contribution in [1.29, 1.82) is 0 Å². The Morgan fingerprint density at radius 1 is 1.07 bits per heavy atom. The number of piperidine rings is 1. The van der Waals surface area contributed by atoms with Gasteiger partial charge in [0.15, 0.2) is 0 Å². The predicted molar refractivity (Wildman–Crippen MR) is 103 cm³/mol. The topological polar surface area (TPSA) is 77.2 Å². The molecule has 2 aromatic rings. The van der Waals surface area contributed by atoms with E-state index in [4.69, 9.17) is 9.15 Å². The molecular weight excluding hydrogens is 399 g/mol. The van der Waals surface area contributed by atoms with E-state index in [1.54, 1.807) is 0 Å². The summed E-state index contributed by atoms with van der Waals surface area (Å²) in [6.45, 7) is 12.3. The van der Waals surface area contributed by atoms with Crippen LogP contribution in [0.1, 0.15) is 62.5 Å². The number of rotatable bonds is 5. The summed E-state index contributed by atoms with van der Waals surface area (Å²) in [7, 11) is 0. The minimum atomic E-state index is -4.61. The van der Waals surface area contributed by atoms with Gasteiger partial charge in [-0.2, -0.15) is 18.2 Å². The molecule has 0 aliphatic carbocycles. The smallest absolute Gasteiger partial charge is 0.470 e. The molecule has 0 atom stereocenters. The van der Waals surface area contributed by atoms with Crippen molar-refractivity contribution in [3.05, 3.63) is 28.9 Å².